The van der Waals surface area contributed by atoms with Crippen LogP contribution in [0.5, 0.6) is 0 Å². The third-order valence-electron chi connectivity index (χ3n) is 2.29. The van der Waals surface area contributed by atoms with Crippen LogP contribution in [0.1, 0.15) is 5.56 Å². The number of aromatic amines is 1. The first kappa shape index (κ1) is 12.0. The van der Waals surface area contributed by atoms with Gasteiger partial charge in [0.2, 0.25) is 0 Å². The van der Waals surface area contributed by atoms with Crippen molar-refractivity contribution in [3.05, 3.63) is 52.4 Å². The maximum Gasteiger partial charge on any atom is 0.412 e. The molecule has 1 aromatic carbocycles. The third kappa shape index (κ3) is 3.00. The molecule has 0 radical (unpaired) electrons. The second kappa shape index (κ2) is 5.22. The number of aromatic nitrogens is 2. The van der Waals surface area contributed by atoms with Gasteiger partial charge in [0.1, 0.15) is 12.3 Å². The first-order valence-corrected chi connectivity index (χ1v) is 5.38. The van der Waals surface area contributed by atoms with Gasteiger partial charge in [-0.3, -0.25) is 19.9 Å². The SMILES string of the molecule is Cn1cc(NC(=O)OCc2ccccc2)c(=O)[nH]1. The highest BCUT2D eigenvalue weighted by Crippen LogP contribution is 2.03. The van der Waals surface area contributed by atoms with Gasteiger partial charge in [0.25, 0.3) is 5.56 Å². The van der Waals surface area contributed by atoms with E-state index >= 15 is 0 Å². The smallest absolute Gasteiger partial charge is 0.412 e. The molecule has 18 heavy (non-hydrogen) atoms. The summed E-state index contributed by atoms with van der Waals surface area (Å²) in [7, 11) is 1.65. The van der Waals surface area contributed by atoms with Gasteiger partial charge < -0.3 is 4.74 Å². The molecule has 0 fully saturated rings. The monoisotopic (exact) mass is 247 g/mol. The number of amides is 1. The topological polar surface area (TPSA) is 76.1 Å². The van der Waals surface area contributed by atoms with Crippen molar-refractivity contribution >= 4 is 11.8 Å². The lowest BCUT2D eigenvalue weighted by molar-refractivity contribution is 0.155. The Kier molecular flexibility index (Phi) is 3.47. The molecule has 0 saturated carbocycles. The number of carbonyl (C=O) groups excluding carboxylic acids is 1. The van der Waals surface area contributed by atoms with Crippen LogP contribution in [0.4, 0.5) is 10.5 Å². The van der Waals surface area contributed by atoms with Gasteiger partial charge in [-0.15, -0.1) is 0 Å². The van der Waals surface area contributed by atoms with Crippen molar-refractivity contribution in [2.45, 2.75) is 6.61 Å². The van der Waals surface area contributed by atoms with E-state index in [1.165, 1.54) is 10.9 Å². The summed E-state index contributed by atoms with van der Waals surface area (Å²) in [5.74, 6) is 0. The largest absolute Gasteiger partial charge is 0.444 e. The highest BCUT2D eigenvalue weighted by atomic mass is 16.5. The van der Waals surface area contributed by atoms with Gasteiger partial charge in [0.05, 0.1) is 6.20 Å². The van der Waals surface area contributed by atoms with Crippen LogP contribution >= 0.6 is 0 Å². The zero-order valence-electron chi connectivity index (χ0n) is 9.84. The van der Waals surface area contributed by atoms with E-state index in [1.54, 1.807) is 7.05 Å². The summed E-state index contributed by atoms with van der Waals surface area (Å²) in [5.41, 5.74) is 0.680. The minimum atomic E-state index is -0.657. The molecule has 0 bridgehead atoms. The summed E-state index contributed by atoms with van der Waals surface area (Å²) < 4.78 is 6.44. The fraction of sp³-hybridized carbons (Fsp3) is 0.167. The van der Waals surface area contributed by atoms with Crippen molar-refractivity contribution < 1.29 is 9.53 Å². The molecule has 1 heterocycles. The van der Waals surface area contributed by atoms with E-state index < -0.39 is 6.09 Å². The lowest BCUT2D eigenvalue weighted by Crippen LogP contribution is -2.17. The van der Waals surface area contributed by atoms with Gasteiger partial charge in [0.15, 0.2) is 0 Å². The number of ether oxygens (including phenoxy) is 1. The van der Waals surface area contributed by atoms with Crippen LogP contribution in [0.15, 0.2) is 41.3 Å². The van der Waals surface area contributed by atoms with Gasteiger partial charge in [-0.05, 0) is 5.56 Å². The van der Waals surface area contributed by atoms with Gasteiger partial charge in [-0.2, -0.15) is 0 Å². The molecule has 6 nitrogen and oxygen atoms in total. The summed E-state index contributed by atoms with van der Waals surface area (Å²) in [5, 5.41) is 4.85. The van der Waals surface area contributed by atoms with Crippen molar-refractivity contribution in [2.24, 2.45) is 7.05 Å². The Morgan fingerprint density at radius 2 is 2.11 bits per heavy atom. The molecule has 1 aromatic heterocycles. The van der Waals surface area contributed by atoms with Crippen LogP contribution in [-0.4, -0.2) is 15.9 Å². The molecule has 0 atom stereocenters. The zero-order valence-corrected chi connectivity index (χ0v) is 9.84. The summed E-state index contributed by atoms with van der Waals surface area (Å²) >= 11 is 0. The van der Waals surface area contributed by atoms with Crippen LogP contribution in [0, 0.1) is 0 Å². The number of hydrogen-bond acceptors (Lipinski definition) is 3. The summed E-state index contributed by atoms with van der Waals surface area (Å²) in [4.78, 5) is 22.8. The molecule has 0 saturated heterocycles. The van der Waals surface area contributed by atoms with Crippen molar-refractivity contribution in [3.8, 4) is 0 Å². The van der Waals surface area contributed by atoms with Gasteiger partial charge in [-0.25, -0.2) is 4.79 Å². The molecular formula is C12H13N3O3. The van der Waals surface area contributed by atoms with Crippen molar-refractivity contribution in [1.29, 1.82) is 0 Å². The number of anilines is 1. The molecular weight excluding hydrogens is 234 g/mol. The Bertz CT molecular complexity index is 586. The molecule has 0 aliphatic rings. The number of hydrogen-bond donors (Lipinski definition) is 2. The number of nitrogens with one attached hydrogen (secondary N) is 2. The van der Waals surface area contributed by atoms with Crippen LogP contribution in [0.2, 0.25) is 0 Å². The predicted octanol–water partition coefficient (Wildman–Crippen LogP) is 1.46. The van der Waals surface area contributed by atoms with Crippen molar-refractivity contribution in [3.63, 3.8) is 0 Å². The number of rotatable bonds is 3. The lowest BCUT2D eigenvalue weighted by Gasteiger charge is -2.04. The average molecular weight is 247 g/mol. The maximum atomic E-state index is 11.5. The quantitative estimate of drug-likeness (QED) is 0.862. The van der Waals surface area contributed by atoms with Gasteiger partial charge in [-0.1, -0.05) is 30.3 Å². The third-order valence-corrected chi connectivity index (χ3v) is 2.29. The number of nitrogens with zero attached hydrogens (tertiary/aromatic N) is 1. The maximum absolute atomic E-state index is 11.5. The molecule has 0 spiro atoms. The molecule has 94 valence electrons. The van der Waals surface area contributed by atoms with Crippen LogP contribution in [-0.2, 0) is 18.4 Å². The van der Waals surface area contributed by atoms with Crippen LogP contribution in [0.25, 0.3) is 0 Å². The number of carbonyl (C=O) groups is 1. The molecule has 2 rings (SSSR count). The highest BCUT2D eigenvalue weighted by Gasteiger charge is 2.08. The Labute approximate surface area is 103 Å². The fourth-order valence-electron chi connectivity index (χ4n) is 1.46. The summed E-state index contributed by atoms with van der Waals surface area (Å²) in [6.45, 7) is 0.164. The molecule has 6 heteroatoms. The minimum absolute atomic E-state index is 0.163. The van der Waals surface area contributed by atoms with Gasteiger partial charge in [0, 0.05) is 7.05 Å². The normalized spacial score (nSPS) is 10.1. The van der Waals surface area contributed by atoms with E-state index in [4.69, 9.17) is 4.74 Å². The molecule has 2 N–H and O–H groups in total. The second-order valence-electron chi connectivity index (χ2n) is 3.78. The molecule has 2 aromatic rings. The lowest BCUT2D eigenvalue weighted by atomic mass is 10.2. The Morgan fingerprint density at radius 1 is 1.39 bits per heavy atom. The van der Waals surface area contributed by atoms with Crippen molar-refractivity contribution in [2.75, 3.05) is 5.32 Å². The van der Waals surface area contributed by atoms with Crippen molar-refractivity contribution in [1.82, 2.24) is 9.78 Å². The number of H-pyrrole nitrogens is 1. The van der Waals surface area contributed by atoms with Crippen LogP contribution < -0.4 is 10.9 Å². The van der Waals surface area contributed by atoms with E-state index in [2.05, 4.69) is 10.4 Å². The number of benzene rings is 1. The molecule has 1 amide bonds. The minimum Gasteiger partial charge on any atom is -0.444 e. The van der Waals surface area contributed by atoms with Crippen LogP contribution in [0.3, 0.4) is 0 Å². The van der Waals surface area contributed by atoms with E-state index in [-0.39, 0.29) is 17.9 Å². The van der Waals surface area contributed by atoms with E-state index in [1.807, 2.05) is 30.3 Å². The first-order valence-electron chi connectivity index (χ1n) is 5.38. The fourth-order valence-corrected chi connectivity index (χ4v) is 1.46. The van der Waals surface area contributed by atoms with E-state index in [9.17, 15) is 9.59 Å². The first-order chi connectivity index (χ1) is 8.65. The molecule has 0 aliphatic heterocycles. The van der Waals surface area contributed by atoms with E-state index in [0.717, 1.165) is 5.56 Å². The zero-order chi connectivity index (χ0) is 13.0. The Hall–Kier alpha value is -2.50. The standard InChI is InChI=1S/C12H13N3O3/c1-15-7-10(11(16)14-15)13-12(17)18-8-9-5-3-2-4-6-9/h2-7H,8H2,1H3,(H,13,17)(H,14,16). The highest BCUT2D eigenvalue weighted by molar-refractivity contribution is 5.84. The Morgan fingerprint density at radius 3 is 2.72 bits per heavy atom. The molecule has 0 unspecified atom stereocenters. The average Bonchev–Trinajstić information content (AvgIpc) is 2.67. The number of aryl methyl sites for hydroxylation is 1. The Balaban J connectivity index is 1.90. The summed E-state index contributed by atoms with van der Waals surface area (Å²) in [6.07, 6.45) is 0.821. The van der Waals surface area contributed by atoms with E-state index in [0.29, 0.717) is 0 Å². The van der Waals surface area contributed by atoms with Gasteiger partial charge >= 0.3 is 6.09 Å². The molecule has 0 aliphatic carbocycles. The second-order valence-corrected chi connectivity index (χ2v) is 3.78. The summed E-state index contributed by atoms with van der Waals surface area (Å²) in [6, 6.07) is 9.30. The predicted molar refractivity (Wildman–Crippen MR) is 66.3 cm³/mol.